The Balaban J connectivity index is 2.03. The zero-order chi connectivity index (χ0) is 14.4. The first kappa shape index (κ1) is 14.5. The average molecular weight is 277 g/mol. The van der Waals surface area contributed by atoms with Gasteiger partial charge < -0.3 is 10.1 Å². The summed E-state index contributed by atoms with van der Waals surface area (Å²) < 4.78 is 32.4. The fourth-order valence-electron chi connectivity index (χ4n) is 1.84. The molecule has 0 bridgehead atoms. The molecule has 0 fully saturated rings. The van der Waals surface area contributed by atoms with E-state index in [9.17, 15) is 8.78 Å². The highest BCUT2D eigenvalue weighted by Gasteiger charge is 2.09. The largest absolute Gasteiger partial charge is 0.489 e. The number of hydrogen-bond donors (Lipinski definition) is 1. The van der Waals surface area contributed by atoms with Crippen molar-refractivity contribution in [1.82, 2.24) is 5.32 Å². The first-order valence-electron chi connectivity index (χ1n) is 6.56. The third-order valence-electron chi connectivity index (χ3n) is 2.92. The summed E-state index contributed by atoms with van der Waals surface area (Å²) in [7, 11) is 0. The van der Waals surface area contributed by atoms with Crippen LogP contribution < -0.4 is 10.1 Å². The van der Waals surface area contributed by atoms with Crippen molar-refractivity contribution < 1.29 is 13.5 Å². The molecule has 2 aromatic carbocycles. The van der Waals surface area contributed by atoms with E-state index in [2.05, 4.69) is 5.32 Å². The van der Waals surface area contributed by atoms with E-state index in [0.717, 1.165) is 18.7 Å². The third kappa shape index (κ3) is 3.78. The minimum Gasteiger partial charge on any atom is -0.489 e. The Morgan fingerprint density at radius 3 is 2.45 bits per heavy atom. The summed E-state index contributed by atoms with van der Waals surface area (Å²) in [6.07, 6.45) is 0. The van der Waals surface area contributed by atoms with E-state index >= 15 is 0 Å². The van der Waals surface area contributed by atoms with Crippen LogP contribution in [0.3, 0.4) is 0 Å². The molecule has 0 aliphatic heterocycles. The Morgan fingerprint density at radius 1 is 1.05 bits per heavy atom. The molecule has 2 aromatic rings. The fourth-order valence-corrected chi connectivity index (χ4v) is 1.84. The zero-order valence-electron chi connectivity index (χ0n) is 11.3. The Hall–Kier alpha value is -1.94. The summed E-state index contributed by atoms with van der Waals surface area (Å²) in [5.74, 6) is -0.578. The molecule has 4 heteroatoms. The van der Waals surface area contributed by atoms with E-state index < -0.39 is 11.6 Å². The van der Waals surface area contributed by atoms with Gasteiger partial charge in [0.05, 0.1) is 5.56 Å². The maximum atomic E-state index is 13.5. The van der Waals surface area contributed by atoms with Crippen LogP contribution in [0, 0.1) is 11.6 Å². The quantitative estimate of drug-likeness (QED) is 0.870. The van der Waals surface area contributed by atoms with Crippen LogP contribution in [0.1, 0.15) is 18.1 Å². The Bertz CT molecular complexity index is 552. The Kier molecular flexibility index (Phi) is 5.07. The lowest BCUT2D eigenvalue weighted by Gasteiger charge is -2.09. The zero-order valence-corrected chi connectivity index (χ0v) is 11.3. The second-order valence-electron chi connectivity index (χ2n) is 4.42. The van der Waals surface area contributed by atoms with Crippen LogP contribution >= 0.6 is 0 Å². The highest BCUT2D eigenvalue weighted by Crippen LogP contribution is 2.18. The summed E-state index contributed by atoms with van der Waals surface area (Å²) in [6, 6.07) is 11.3. The van der Waals surface area contributed by atoms with Gasteiger partial charge in [0, 0.05) is 6.54 Å². The lowest BCUT2D eigenvalue weighted by atomic mass is 10.2. The molecular formula is C16H17F2NO. The van der Waals surface area contributed by atoms with Crippen molar-refractivity contribution in [2.24, 2.45) is 0 Å². The third-order valence-corrected chi connectivity index (χ3v) is 2.92. The molecule has 2 nitrogen and oxygen atoms in total. The molecule has 20 heavy (non-hydrogen) atoms. The summed E-state index contributed by atoms with van der Waals surface area (Å²) >= 11 is 0. The van der Waals surface area contributed by atoms with Crippen molar-refractivity contribution in [2.45, 2.75) is 20.1 Å². The van der Waals surface area contributed by atoms with Gasteiger partial charge in [0.25, 0.3) is 0 Å². The topological polar surface area (TPSA) is 21.3 Å². The number of rotatable bonds is 6. The summed E-state index contributed by atoms with van der Waals surface area (Å²) in [5.41, 5.74) is 1.02. The van der Waals surface area contributed by atoms with Gasteiger partial charge in [-0.15, -0.1) is 0 Å². The van der Waals surface area contributed by atoms with Crippen LogP contribution in [0.15, 0.2) is 42.5 Å². The van der Waals surface area contributed by atoms with Gasteiger partial charge >= 0.3 is 0 Å². The number of ether oxygens (including phenoxy) is 1. The monoisotopic (exact) mass is 277 g/mol. The highest BCUT2D eigenvalue weighted by molar-refractivity contribution is 5.29. The maximum absolute atomic E-state index is 13.5. The lowest BCUT2D eigenvalue weighted by Crippen LogP contribution is -2.11. The van der Waals surface area contributed by atoms with Gasteiger partial charge in [-0.25, -0.2) is 8.78 Å². The molecular weight excluding hydrogens is 260 g/mol. The van der Waals surface area contributed by atoms with E-state index in [-0.39, 0.29) is 12.2 Å². The predicted octanol–water partition coefficient (Wildman–Crippen LogP) is 3.65. The number of hydrogen-bond acceptors (Lipinski definition) is 2. The number of benzene rings is 2. The van der Waals surface area contributed by atoms with Gasteiger partial charge in [-0.1, -0.05) is 25.1 Å². The molecule has 106 valence electrons. The standard InChI is InChI=1S/C16H17F2NO/c1-2-19-10-12-5-3-6-13(9-12)20-11-14-15(17)7-4-8-16(14)18/h3-9,19H,2,10-11H2,1H3. The van der Waals surface area contributed by atoms with E-state index in [1.165, 1.54) is 18.2 Å². The Morgan fingerprint density at radius 2 is 1.75 bits per heavy atom. The smallest absolute Gasteiger partial charge is 0.132 e. The Labute approximate surface area is 117 Å². The second kappa shape index (κ2) is 7.01. The fraction of sp³-hybridized carbons (Fsp3) is 0.250. The molecule has 0 heterocycles. The predicted molar refractivity (Wildman–Crippen MR) is 74.5 cm³/mol. The number of halogens is 2. The van der Waals surface area contributed by atoms with Gasteiger partial charge in [0.1, 0.15) is 24.0 Å². The van der Waals surface area contributed by atoms with Crippen molar-refractivity contribution in [1.29, 1.82) is 0 Å². The van der Waals surface area contributed by atoms with Crippen molar-refractivity contribution in [2.75, 3.05) is 6.54 Å². The van der Waals surface area contributed by atoms with E-state index in [4.69, 9.17) is 4.74 Å². The van der Waals surface area contributed by atoms with Crippen LogP contribution in [0.5, 0.6) is 5.75 Å². The minimum absolute atomic E-state index is 0.0513. The van der Waals surface area contributed by atoms with E-state index in [0.29, 0.717) is 5.75 Å². The molecule has 0 aliphatic carbocycles. The molecule has 2 rings (SSSR count). The van der Waals surface area contributed by atoms with Crippen molar-refractivity contribution >= 4 is 0 Å². The second-order valence-corrected chi connectivity index (χ2v) is 4.42. The van der Waals surface area contributed by atoms with E-state index in [1.54, 1.807) is 6.07 Å². The summed E-state index contributed by atoms with van der Waals surface area (Å²) in [6.45, 7) is 3.53. The molecule has 0 amide bonds. The van der Waals surface area contributed by atoms with Gasteiger partial charge in [-0.2, -0.15) is 0 Å². The normalized spacial score (nSPS) is 10.6. The van der Waals surface area contributed by atoms with Crippen LogP contribution in [0.25, 0.3) is 0 Å². The molecule has 0 saturated heterocycles. The highest BCUT2D eigenvalue weighted by atomic mass is 19.1. The van der Waals surface area contributed by atoms with Crippen molar-refractivity contribution in [3.63, 3.8) is 0 Å². The molecule has 0 spiro atoms. The molecule has 0 unspecified atom stereocenters. The molecule has 0 aliphatic rings. The van der Waals surface area contributed by atoms with Crippen LogP contribution in [-0.4, -0.2) is 6.54 Å². The minimum atomic E-state index is -0.589. The van der Waals surface area contributed by atoms with Gasteiger partial charge in [-0.3, -0.25) is 0 Å². The van der Waals surface area contributed by atoms with Crippen LogP contribution in [-0.2, 0) is 13.2 Å². The maximum Gasteiger partial charge on any atom is 0.132 e. The number of nitrogens with one attached hydrogen (secondary N) is 1. The van der Waals surface area contributed by atoms with Crippen molar-refractivity contribution in [3.05, 3.63) is 65.2 Å². The van der Waals surface area contributed by atoms with Gasteiger partial charge in [0.15, 0.2) is 0 Å². The van der Waals surface area contributed by atoms with Gasteiger partial charge in [0.2, 0.25) is 0 Å². The lowest BCUT2D eigenvalue weighted by molar-refractivity contribution is 0.292. The molecule has 0 aromatic heterocycles. The van der Waals surface area contributed by atoms with Crippen molar-refractivity contribution in [3.8, 4) is 5.75 Å². The molecule has 0 atom stereocenters. The first-order valence-corrected chi connectivity index (χ1v) is 6.56. The molecule has 0 radical (unpaired) electrons. The van der Waals surface area contributed by atoms with Crippen LogP contribution in [0.2, 0.25) is 0 Å². The first-order chi connectivity index (χ1) is 9.70. The summed E-state index contributed by atoms with van der Waals surface area (Å²) in [4.78, 5) is 0. The summed E-state index contributed by atoms with van der Waals surface area (Å²) in [5, 5.41) is 3.21. The molecule has 1 N–H and O–H groups in total. The van der Waals surface area contributed by atoms with Gasteiger partial charge in [-0.05, 0) is 36.4 Å². The SMILES string of the molecule is CCNCc1cccc(OCc2c(F)cccc2F)c1. The molecule has 0 saturated carbocycles. The van der Waals surface area contributed by atoms with E-state index in [1.807, 2.05) is 25.1 Å². The van der Waals surface area contributed by atoms with Crippen LogP contribution in [0.4, 0.5) is 8.78 Å². The average Bonchev–Trinajstić information content (AvgIpc) is 2.45.